The minimum absolute atomic E-state index is 0.0861. The molecule has 0 spiro atoms. The molecule has 0 amide bonds. The number of imidazole rings is 1. The van der Waals surface area contributed by atoms with E-state index in [0.717, 1.165) is 0 Å². The van der Waals surface area contributed by atoms with Gasteiger partial charge in [0, 0.05) is 5.92 Å². The second-order valence-corrected chi connectivity index (χ2v) is 9.11. The number of carbonyl (C=O) groups is 1. The number of fused-ring (bicyclic) bond motifs is 1. The van der Waals surface area contributed by atoms with E-state index in [2.05, 4.69) is 20.0 Å². The lowest BCUT2D eigenvalue weighted by Gasteiger charge is -2.18. The molecule has 13 heteroatoms. The molecule has 1 aliphatic heterocycles. The summed E-state index contributed by atoms with van der Waals surface area (Å²) < 4.78 is 36.2. The Kier molecular flexibility index (Phi) is 8.05. The van der Waals surface area contributed by atoms with Crippen molar-refractivity contribution in [2.75, 3.05) is 18.9 Å². The van der Waals surface area contributed by atoms with Gasteiger partial charge in [0.2, 0.25) is 11.8 Å². The number of nitrogens with one attached hydrogen (secondary N) is 1. The molecule has 0 bridgehead atoms. The van der Waals surface area contributed by atoms with Gasteiger partial charge < -0.3 is 24.5 Å². The molecule has 178 valence electrons. The van der Waals surface area contributed by atoms with Crippen LogP contribution in [-0.2, 0) is 23.4 Å². The lowest BCUT2D eigenvalue weighted by Crippen LogP contribution is -2.33. The standard InChI is InChI=1S/C19H31N6O6P/c1-6-28-16-14-15(22-19(20)23-16)25(9-21-14)17-11(4)7-13(31-17)8-29-32(27)24-12(5)18(26)30-10(2)3/h9-13,17,32H,6-8H2,1-5H3,(H,24,27)(H2,20,22,23)/t11-,12-,13-,17+/m0/s1. The van der Waals surface area contributed by atoms with Crippen LogP contribution in [0.1, 0.15) is 47.3 Å². The maximum Gasteiger partial charge on any atom is 0.323 e. The van der Waals surface area contributed by atoms with Gasteiger partial charge in [0.1, 0.15) is 12.3 Å². The van der Waals surface area contributed by atoms with Crippen LogP contribution in [0.5, 0.6) is 5.88 Å². The lowest BCUT2D eigenvalue weighted by atomic mass is 10.1. The third-order valence-electron chi connectivity index (χ3n) is 4.86. The van der Waals surface area contributed by atoms with Crippen LogP contribution in [0.2, 0.25) is 0 Å². The SMILES string of the molecule is CCOc1nc(N)nc2c1ncn2[C@@H]1O[C@H](CO[PH](=O)N[C@@H](C)C(=O)OC(C)C)C[C@@H]1C. The number of esters is 1. The highest BCUT2D eigenvalue weighted by molar-refractivity contribution is 7.36. The molecule has 32 heavy (non-hydrogen) atoms. The molecule has 12 nitrogen and oxygen atoms in total. The predicted molar refractivity (Wildman–Crippen MR) is 117 cm³/mol. The van der Waals surface area contributed by atoms with Crippen LogP contribution in [-0.4, -0.2) is 57.0 Å². The van der Waals surface area contributed by atoms with Gasteiger partial charge in [0.05, 0.1) is 31.7 Å². The zero-order chi connectivity index (χ0) is 23.4. The predicted octanol–water partition coefficient (Wildman–Crippen LogP) is 2.07. The second kappa shape index (κ2) is 10.6. The minimum atomic E-state index is -2.65. The molecule has 0 aliphatic carbocycles. The van der Waals surface area contributed by atoms with Crippen molar-refractivity contribution in [1.82, 2.24) is 24.6 Å². The van der Waals surface area contributed by atoms with Gasteiger partial charge in [0.25, 0.3) is 8.18 Å². The quantitative estimate of drug-likeness (QED) is 0.387. The van der Waals surface area contributed by atoms with E-state index in [0.29, 0.717) is 30.1 Å². The topological polar surface area (TPSA) is 153 Å². The van der Waals surface area contributed by atoms with Crippen LogP contribution < -0.4 is 15.6 Å². The van der Waals surface area contributed by atoms with Crippen LogP contribution in [0.3, 0.4) is 0 Å². The van der Waals surface area contributed by atoms with Gasteiger partial charge >= 0.3 is 5.97 Å². The van der Waals surface area contributed by atoms with Gasteiger partial charge in [-0.15, -0.1) is 0 Å². The first-order chi connectivity index (χ1) is 15.2. The van der Waals surface area contributed by atoms with Crippen LogP contribution in [0.15, 0.2) is 6.33 Å². The van der Waals surface area contributed by atoms with E-state index in [-0.39, 0.29) is 36.9 Å². The summed E-state index contributed by atoms with van der Waals surface area (Å²) >= 11 is 0. The summed E-state index contributed by atoms with van der Waals surface area (Å²) in [7, 11) is -2.65. The monoisotopic (exact) mass is 470 g/mol. The van der Waals surface area contributed by atoms with Crippen molar-refractivity contribution < 1.29 is 28.1 Å². The van der Waals surface area contributed by atoms with E-state index >= 15 is 0 Å². The second-order valence-electron chi connectivity index (χ2n) is 7.96. The van der Waals surface area contributed by atoms with E-state index in [9.17, 15) is 9.36 Å². The summed E-state index contributed by atoms with van der Waals surface area (Å²) in [5, 5.41) is 2.64. The number of aromatic nitrogens is 4. The minimum Gasteiger partial charge on any atom is -0.476 e. The molecular formula is C19H31N6O6P. The maximum absolute atomic E-state index is 12.2. The Balaban J connectivity index is 1.60. The molecule has 3 rings (SSSR count). The van der Waals surface area contributed by atoms with Gasteiger partial charge in [-0.25, -0.2) is 10.1 Å². The largest absolute Gasteiger partial charge is 0.476 e. The molecule has 2 aromatic rings. The first-order valence-corrected chi connectivity index (χ1v) is 11.9. The highest BCUT2D eigenvalue weighted by atomic mass is 31.1. The van der Waals surface area contributed by atoms with Crippen molar-refractivity contribution in [3.63, 3.8) is 0 Å². The van der Waals surface area contributed by atoms with Gasteiger partial charge in [-0.3, -0.25) is 13.9 Å². The van der Waals surface area contributed by atoms with Gasteiger partial charge in [-0.05, 0) is 34.1 Å². The van der Waals surface area contributed by atoms with E-state index in [1.54, 1.807) is 31.7 Å². The third kappa shape index (κ3) is 5.74. The first-order valence-electron chi connectivity index (χ1n) is 10.6. The summed E-state index contributed by atoms with van der Waals surface area (Å²) in [6.45, 7) is 9.51. The molecule has 0 aromatic carbocycles. The van der Waals surface area contributed by atoms with Crippen molar-refractivity contribution in [2.45, 2.75) is 65.5 Å². The number of hydrogen-bond donors (Lipinski definition) is 2. The van der Waals surface area contributed by atoms with Crippen LogP contribution in [0.4, 0.5) is 5.95 Å². The molecule has 1 saturated heterocycles. The average Bonchev–Trinajstić information content (AvgIpc) is 3.29. The van der Waals surface area contributed by atoms with Crippen molar-refractivity contribution in [3.05, 3.63) is 6.33 Å². The van der Waals surface area contributed by atoms with E-state index in [1.807, 2.05) is 13.8 Å². The Morgan fingerprint density at radius 3 is 2.84 bits per heavy atom. The first kappa shape index (κ1) is 24.4. The van der Waals surface area contributed by atoms with E-state index in [4.69, 9.17) is 24.5 Å². The number of anilines is 1. The van der Waals surface area contributed by atoms with E-state index < -0.39 is 20.2 Å². The molecule has 1 fully saturated rings. The van der Waals surface area contributed by atoms with Crippen molar-refractivity contribution in [3.8, 4) is 5.88 Å². The number of hydrogen-bond acceptors (Lipinski definition) is 10. The Morgan fingerprint density at radius 1 is 1.41 bits per heavy atom. The summed E-state index contributed by atoms with van der Waals surface area (Å²) in [6, 6.07) is -0.734. The number of nitrogen functional groups attached to an aromatic ring is 1. The van der Waals surface area contributed by atoms with Crippen LogP contribution in [0, 0.1) is 5.92 Å². The smallest absolute Gasteiger partial charge is 0.323 e. The Hall–Kier alpha value is -2.27. The molecule has 0 saturated carbocycles. The fourth-order valence-corrected chi connectivity index (χ4v) is 4.37. The van der Waals surface area contributed by atoms with Gasteiger partial charge in [-0.2, -0.15) is 9.97 Å². The zero-order valence-corrected chi connectivity index (χ0v) is 19.9. The summed E-state index contributed by atoms with van der Waals surface area (Å²) in [6.07, 6.45) is 1.42. The average molecular weight is 470 g/mol. The normalized spacial score (nSPS) is 22.9. The molecule has 1 unspecified atom stereocenters. The molecule has 5 atom stereocenters. The zero-order valence-electron chi connectivity index (χ0n) is 18.9. The lowest BCUT2D eigenvalue weighted by molar-refractivity contribution is -0.149. The molecule has 3 N–H and O–H groups in total. The van der Waals surface area contributed by atoms with Crippen LogP contribution in [0.25, 0.3) is 11.2 Å². The van der Waals surface area contributed by atoms with Crippen molar-refractivity contribution >= 4 is 31.3 Å². The number of carbonyl (C=O) groups excluding carboxylic acids is 1. The van der Waals surface area contributed by atoms with E-state index in [1.165, 1.54) is 0 Å². The van der Waals surface area contributed by atoms with Crippen molar-refractivity contribution in [2.24, 2.45) is 5.92 Å². The maximum atomic E-state index is 12.2. The molecule has 2 aromatic heterocycles. The van der Waals surface area contributed by atoms with Gasteiger partial charge in [-0.1, -0.05) is 6.92 Å². The molecule has 0 radical (unpaired) electrons. The summed E-state index contributed by atoms with van der Waals surface area (Å²) in [5.41, 5.74) is 6.86. The number of ether oxygens (including phenoxy) is 3. The Morgan fingerprint density at radius 2 is 2.16 bits per heavy atom. The molecule has 1 aliphatic rings. The summed E-state index contributed by atoms with van der Waals surface area (Å²) in [4.78, 5) is 24.6. The number of rotatable bonds is 10. The summed E-state index contributed by atoms with van der Waals surface area (Å²) in [5.74, 6) is 0.0486. The third-order valence-corrected chi connectivity index (χ3v) is 5.95. The fraction of sp³-hybridized carbons (Fsp3) is 0.684. The molecular weight excluding hydrogens is 439 g/mol. The highest BCUT2D eigenvalue weighted by Gasteiger charge is 2.35. The van der Waals surface area contributed by atoms with Crippen molar-refractivity contribution in [1.29, 1.82) is 0 Å². The Labute approximate surface area is 187 Å². The molecule has 3 heterocycles. The number of nitrogens with zero attached hydrogens (tertiary/aromatic N) is 4. The number of nitrogens with two attached hydrogens (primary N) is 1. The van der Waals surface area contributed by atoms with Gasteiger partial charge in [0.15, 0.2) is 11.2 Å². The Bertz CT molecular complexity index is 969. The fourth-order valence-electron chi connectivity index (χ4n) is 3.48. The van der Waals surface area contributed by atoms with Crippen LogP contribution >= 0.6 is 8.18 Å². The highest BCUT2D eigenvalue weighted by Crippen LogP contribution is 2.37.